The monoisotopic (exact) mass is 438 g/mol. The van der Waals surface area contributed by atoms with Crippen LogP contribution in [0.5, 0.6) is 0 Å². The molecule has 2 N–H and O–H groups in total. The molecule has 1 atom stereocenters. The van der Waals surface area contributed by atoms with Gasteiger partial charge in [0, 0.05) is 29.7 Å². The van der Waals surface area contributed by atoms with Gasteiger partial charge in [-0.3, -0.25) is 4.79 Å². The average Bonchev–Trinajstić information content (AvgIpc) is 2.78. The van der Waals surface area contributed by atoms with Crippen molar-refractivity contribution in [2.45, 2.75) is 38.1 Å². The van der Waals surface area contributed by atoms with Crippen LogP contribution >= 0.6 is 11.6 Å². The minimum atomic E-state index is -0.277. The summed E-state index contributed by atoms with van der Waals surface area (Å²) in [5.41, 5.74) is 9.35. The molecule has 1 fully saturated rings. The summed E-state index contributed by atoms with van der Waals surface area (Å²) in [6, 6.07) is 13.6. The number of aromatic nitrogens is 2. The molecule has 1 amide bonds. The summed E-state index contributed by atoms with van der Waals surface area (Å²) in [6.45, 7) is 0.672. The first-order chi connectivity index (χ1) is 15.0. The highest BCUT2D eigenvalue weighted by Gasteiger charge is 2.31. The minimum absolute atomic E-state index is 0.0586. The van der Waals surface area contributed by atoms with E-state index in [4.69, 9.17) is 17.3 Å². The summed E-state index contributed by atoms with van der Waals surface area (Å²) in [6.07, 6.45) is 5.40. The number of nitrogen functional groups attached to an aromatic ring is 1. The molecule has 1 aromatic heterocycles. The van der Waals surface area contributed by atoms with Gasteiger partial charge >= 0.3 is 0 Å². The number of hydrogen-bond donors (Lipinski definition) is 1. The van der Waals surface area contributed by atoms with Gasteiger partial charge in [0.05, 0.1) is 11.7 Å². The van der Waals surface area contributed by atoms with Crippen molar-refractivity contribution in [3.63, 3.8) is 0 Å². The van der Waals surface area contributed by atoms with E-state index in [1.54, 1.807) is 18.3 Å². The highest BCUT2D eigenvalue weighted by molar-refractivity contribution is 6.30. The molecule has 7 heteroatoms. The first kappa shape index (κ1) is 21.2. The van der Waals surface area contributed by atoms with Gasteiger partial charge in [0.1, 0.15) is 5.82 Å². The van der Waals surface area contributed by atoms with Gasteiger partial charge in [-0.05, 0) is 61.1 Å². The predicted molar refractivity (Wildman–Crippen MR) is 120 cm³/mol. The number of amides is 1. The largest absolute Gasteiger partial charge is 0.368 e. The molecule has 0 spiro atoms. The molecule has 0 saturated carbocycles. The highest BCUT2D eigenvalue weighted by atomic mass is 35.5. The van der Waals surface area contributed by atoms with Crippen molar-refractivity contribution in [3.8, 4) is 11.1 Å². The number of carbonyl (C=O) groups is 1. The fourth-order valence-corrected chi connectivity index (χ4v) is 4.29. The molecule has 0 bridgehead atoms. The van der Waals surface area contributed by atoms with Gasteiger partial charge in [0.15, 0.2) is 0 Å². The van der Waals surface area contributed by atoms with Gasteiger partial charge in [0.2, 0.25) is 11.9 Å². The van der Waals surface area contributed by atoms with Crippen molar-refractivity contribution in [2.24, 2.45) is 0 Å². The Bertz CT molecular complexity index is 1070. The lowest BCUT2D eigenvalue weighted by Gasteiger charge is -2.36. The average molecular weight is 439 g/mol. The molecule has 3 aromatic rings. The Labute approximate surface area is 186 Å². The normalized spacial score (nSPS) is 16.3. The maximum Gasteiger partial charge on any atom is 0.223 e. The van der Waals surface area contributed by atoms with Crippen LogP contribution in [0.25, 0.3) is 11.1 Å². The van der Waals surface area contributed by atoms with E-state index < -0.39 is 0 Å². The Morgan fingerprint density at radius 1 is 1.19 bits per heavy atom. The van der Waals surface area contributed by atoms with Crippen molar-refractivity contribution in [3.05, 3.63) is 76.8 Å². The Hall–Kier alpha value is -2.99. The molecule has 1 aliphatic heterocycles. The first-order valence-corrected chi connectivity index (χ1v) is 10.8. The number of anilines is 1. The zero-order valence-electron chi connectivity index (χ0n) is 17.1. The number of hydrogen-bond acceptors (Lipinski definition) is 4. The van der Waals surface area contributed by atoms with Gasteiger partial charge in [-0.25, -0.2) is 14.4 Å². The number of nitrogens with two attached hydrogens (primary N) is 1. The zero-order valence-corrected chi connectivity index (χ0v) is 17.9. The second-order valence-electron chi connectivity index (χ2n) is 7.76. The molecule has 0 radical (unpaired) electrons. The number of carbonyl (C=O) groups excluding carboxylic acids is 1. The quantitative estimate of drug-likeness (QED) is 0.593. The number of likely N-dealkylation sites (tertiary alicyclic amines) is 1. The van der Waals surface area contributed by atoms with E-state index >= 15 is 0 Å². The number of halogens is 2. The molecule has 2 aromatic carbocycles. The molecule has 1 saturated heterocycles. The summed E-state index contributed by atoms with van der Waals surface area (Å²) >= 11 is 6.20. The third-order valence-corrected chi connectivity index (χ3v) is 5.89. The van der Waals surface area contributed by atoms with Crippen molar-refractivity contribution in [1.29, 1.82) is 0 Å². The van der Waals surface area contributed by atoms with Crippen LogP contribution in [0.3, 0.4) is 0 Å². The van der Waals surface area contributed by atoms with Crippen molar-refractivity contribution < 1.29 is 9.18 Å². The van der Waals surface area contributed by atoms with E-state index in [-0.39, 0.29) is 23.7 Å². The Morgan fingerprint density at radius 2 is 2.00 bits per heavy atom. The molecular formula is C24H24ClFN4O. The van der Waals surface area contributed by atoms with E-state index in [0.29, 0.717) is 24.4 Å². The molecule has 0 aliphatic carbocycles. The van der Waals surface area contributed by atoms with Crippen LogP contribution in [-0.4, -0.2) is 27.3 Å². The lowest BCUT2D eigenvalue weighted by molar-refractivity contribution is -0.135. The fraction of sp³-hybridized carbons (Fsp3) is 0.292. The summed E-state index contributed by atoms with van der Waals surface area (Å²) in [5, 5.41) is 0.621. The Kier molecular flexibility index (Phi) is 6.47. The second-order valence-corrected chi connectivity index (χ2v) is 8.20. The summed E-state index contributed by atoms with van der Waals surface area (Å²) in [7, 11) is 0. The van der Waals surface area contributed by atoms with Crippen LogP contribution in [0.4, 0.5) is 10.3 Å². The van der Waals surface area contributed by atoms with Crippen LogP contribution < -0.4 is 5.73 Å². The molecule has 160 valence electrons. The number of piperidine rings is 1. The number of nitrogens with zero attached hydrogens (tertiary/aromatic N) is 3. The number of rotatable bonds is 5. The van der Waals surface area contributed by atoms with E-state index in [1.165, 1.54) is 12.1 Å². The summed E-state index contributed by atoms with van der Waals surface area (Å²) < 4.78 is 13.1. The molecule has 2 heterocycles. The smallest absolute Gasteiger partial charge is 0.223 e. The van der Waals surface area contributed by atoms with Crippen LogP contribution in [0.15, 0.2) is 54.7 Å². The molecule has 4 rings (SSSR count). The number of aryl methyl sites for hydroxylation is 1. The number of benzene rings is 2. The molecule has 1 unspecified atom stereocenters. The molecule has 1 aliphatic rings. The van der Waals surface area contributed by atoms with E-state index in [1.807, 2.05) is 29.2 Å². The third-order valence-electron chi connectivity index (χ3n) is 5.65. The maximum atomic E-state index is 13.2. The van der Waals surface area contributed by atoms with E-state index in [9.17, 15) is 9.18 Å². The first-order valence-electron chi connectivity index (χ1n) is 10.4. The summed E-state index contributed by atoms with van der Waals surface area (Å²) in [5.74, 6) is -0.0330. The standard InChI is InChI=1S/C24H24ClFN4O/c25-18-5-3-4-17(14-18)20-15-28-24(27)29-23(20)21-6-1-2-13-30(21)22(31)12-9-16-7-10-19(26)11-8-16/h3-5,7-8,10-11,14-15,21H,1-2,6,9,12-13H2,(H2,27,28,29). The van der Waals surface area contributed by atoms with Crippen molar-refractivity contribution >= 4 is 23.5 Å². The minimum Gasteiger partial charge on any atom is -0.368 e. The van der Waals surface area contributed by atoms with Gasteiger partial charge in [0.25, 0.3) is 0 Å². The van der Waals surface area contributed by atoms with Crippen LogP contribution in [0, 0.1) is 5.82 Å². The van der Waals surface area contributed by atoms with Crippen LogP contribution in [0.2, 0.25) is 5.02 Å². The molecule has 31 heavy (non-hydrogen) atoms. The van der Waals surface area contributed by atoms with Gasteiger partial charge in [-0.15, -0.1) is 0 Å². The predicted octanol–water partition coefficient (Wildman–Crippen LogP) is 5.20. The maximum absolute atomic E-state index is 13.2. The fourth-order valence-electron chi connectivity index (χ4n) is 4.10. The lowest BCUT2D eigenvalue weighted by Crippen LogP contribution is -2.39. The van der Waals surface area contributed by atoms with E-state index in [0.717, 1.165) is 41.6 Å². The topological polar surface area (TPSA) is 72.1 Å². The third kappa shape index (κ3) is 5.02. The SMILES string of the molecule is Nc1ncc(-c2cccc(Cl)c2)c(C2CCCCN2C(=O)CCc2ccc(F)cc2)n1. The van der Waals surface area contributed by atoms with Gasteiger partial charge < -0.3 is 10.6 Å². The van der Waals surface area contributed by atoms with Crippen LogP contribution in [-0.2, 0) is 11.2 Å². The van der Waals surface area contributed by atoms with Gasteiger partial charge in [-0.1, -0.05) is 35.9 Å². The Morgan fingerprint density at radius 3 is 2.77 bits per heavy atom. The van der Waals surface area contributed by atoms with Crippen LogP contribution in [0.1, 0.15) is 43.0 Å². The Balaban J connectivity index is 1.60. The summed E-state index contributed by atoms with van der Waals surface area (Å²) in [4.78, 5) is 23.8. The van der Waals surface area contributed by atoms with Gasteiger partial charge in [-0.2, -0.15) is 0 Å². The zero-order chi connectivity index (χ0) is 21.8. The van der Waals surface area contributed by atoms with Crippen molar-refractivity contribution in [2.75, 3.05) is 12.3 Å². The second kappa shape index (κ2) is 9.43. The molecule has 5 nitrogen and oxygen atoms in total. The highest BCUT2D eigenvalue weighted by Crippen LogP contribution is 2.36. The molecular weight excluding hydrogens is 415 g/mol. The van der Waals surface area contributed by atoms with E-state index in [2.05, 4.69) is 9.97 Å². The van der Waals surface area contributed by atoms with Crippen molar-refractivity contribution in [1.82, 2.24) is 14.9 Å². The lowest BCUT2D eigenvalue weighted by atomic mass is 9.93.